The van der Waals surface area contributed by atoms with Gasteiger partial charge >= 0.3 is 5.97 Å². The molecule has 0 aliphatic rings. The van der Waals surface area contributed by atoms with Crippen molar-refractivity contribution in [2.75, 3.05) is 0 Å². The van der Waals surface area contributed by atoms with Gasteiger partial charge in [0.25, 0.3) is 0 Å². The number of benzene rings is 1. The Morgan fingerprint density at radius 3 is 2.68 bits per heavy atom. The fourth-order valence-electron chi connectivity index (χ4n) is 2.05. The minimum atomic E-state index is -0.513. The van der Waals surface area contributed by atoms with Crippen LogP contribution in [0.1, 0.15) is 15.9 Å². The minimum absolute atomic E-state index is 0.00781. The van der Waals surface area contributed by atoms with Crippen molar-refractivity contribution in [2.45, 2.75) is 6.92 Å². The van der Waals surface area contributed by atoms with Crippen molar-refractivity contribution in [1.29, 1.82) is 0 Å². The molecule has 2 aromatic heterocycles. The molecule has 0 atom stereocenters. The Morgan fingerprint density at radius 1 is 1.23 bits per heavy atom. The molecule has 0 spiro atoms. The van der Waals surface area contributed by atoms with Gasteiger partial charge in [0.15, 0.2) is 0 Å². The second-order valence-corrected chi connectivity index (χ2v) is 5.01. The number of aryl methyl sites for hydroxylation is 1. The highest BCUT2D eigenvalue weighted by Gasteiger charge is 2.15. The maximum absolute atomic E-state index is 12.1. The molecule has 0 radical (unpaired) electrons. The van der Waals surface area contributed by atoms with Gasteiger partial charge < -0.3 is 9.15 Å². The number of carbonyl (C=O) groups excluding carboxylic acids is 1. The SMILES string of the molecule is Cc1c(OC(=O)c2ccncc2)ccc2c(=O)c(Cl)coc12. The average Bonchev–Trinajstić information content (AvgIpc) is 2.54. The maximum Gasteiger partial charge on any atom is 0.343 e. The lowest BCUT2D eigenvalue weighted by Gasteiger charge is -2.09. The molecule has 110 valence electrons. The molecule has 1 aromatic carbocycles. The standard InChI is InChI=1S/C16H10ClNO4/c1-9-13(22-16(20)10-4-6-18-7-5-10)3-2-11-14(19)12(17)8-21-15(9)11/h2-8H,1H3. The minimum Gasteiger partial charge on any atom is -0.462 e. The number of hydrogen-bond acceptors (Lipinski definition) is 5. The van der Waals surface area contributed by atoms with Gasteiger partial charge in [0, 0.05) is 18.0 Å². The first kappa shape index (κ1) is 14.3. The predicted molar refractivity (Wildman–Crippen MR) is 81.4 cm³/mol. The molecule has 0 amide bonds. The van der Waals surface area contributed by atoms with E-state index in [4.69, 9.17) is 20.8 Å². The predicted octanol–water partition coefficient (Wildman–Crippen LogP) is 3.37. The Labute approximate surface area is 130 Å². The van der Waals surface area contributed by atoms with E-state index >= 15 is 0 Å². The molecule has 0 saturated carbocycles. The van der Waals surface area contributed by atoms with E-state index in [0.29, 0.717) is 27.8 Å². The van der Waals surface area contributed by atoms with Crippen molar-refractivity contribution in [3.05, 3.63) is 69.3 Å². The molecule has 0 aliphatic carbocycles. The Bertz CT molecular complexity index is 919. The molecule has 0 N–H and O–H groups in total. The van der Waals surface area contributed by atoms with E-state index in [-0.39, 0.29) is 10.5 Å². The summed E-state index contributed by atoms with van der Waals surface area (Å²) in [7, 11) is 0. The molecule has 0 bridgehead atoms. The Hall–Kier alpha value is -2.66. The number of rotatable bonds is 2. The molecule has 5 nitrogen and oxygen atoms in total. The topological polar surface area (TPSA) is 69.4 Å². The summed E-state index contributed by atoms with van der Waals surface area (Å²) in [6, 6.07) is 6.18. The van der Waals surface area contributed by atoms with Crippen LogP contribution in [0.3, 0.4) is 0 Å². The van der Waals surface area contributed by atoms with Crippen LogP contribution in [0.25, 0.3) is 11.0 Å². The Morgan fingerprint density at radius 2 is 1.95 bits per heavy atom. The maximum atomic E-state index is 12.1. The first-order valence-electron chi connectivity index (χ1n) is 6.41. The van der Waals surface area contributed by atoms with Gasteiger partial charge in [-0.05, 0) is 31.2 Å². The lowest BCUT2D eigenvalue weighted by atomic mass is 10.1. The average molecular weight is 316 g/mol. The van der Waals surface area contributed by atoms with Gasteiger partial charge in [0.05, 0.1) is 10.9 Å². The molecule has 22 heavy (non-hydrogen) atoms. The quantitative estimate of drug-likeness (QED) is 0.535. The highest BCUT2D eigenvalue weighted by Crippen LogP contribution is 2.27. The summed E-state index contributed by atoms with van der Waals surface area (Å²) in [5.41, 5.74) is 0.952. The number of pyridine rings is 1. The number of ether oxygens (including phenoxy) is 1. The number of esters is 1. The van der Waals surface area contributed by atoms with Crippen LogP contribution in [0.4, 0.5) is 0 Å². The third-order valence-electron chi connectivity index (χ3n) is 3.22. The molecule has 2 heterocycles. The molecule has 3 rings (SSSR count). The van der Waals surface area contributed by atoms with Crippen LogP contribution in [0, 0.1) is 6.92 Å². The molecule has 0 unspecified atom stereocenters. The van der Waals surface area contributed by atoms with E-state index in [0.717, 1.165) is 0 Å². The molecule has 0 fully saturated rings. The summed E-state index contributed by atoms with van der Waals surface area (Å²) in [6.45, 7) is 1.70. The zero-order valence-electron chi connectivity index (χ0n) is 11.5. The van der Waals surface area contributed by atoms with E-state index < -0.39 is 5.97 Å². The van der Waals surface area contributed by atoms with Gasteiger partial charge in [-0.1, -0.05) is 11.6 Å². The van der Waals surface area contributed by atoms with E-state index in [9.17, 15) is 9.59 Å². The van der Waals surface area contributed by atoms with Gasteiger partial charge in [0.1, 0.15) is 22.6 Å². The van der Waals surface area contributed by atoms with Gasteiger partial charge in [-0.15, -0.1) is 0 Å². The van der Waals surface area contributed by atoms with E-state index in [1.807, 2.05) is 0 Å². The largest absolute Gasteiger partial charge is 0.462 e. The van der Waals surface area contributed by atoms with Crippen molar-refractivity contribution in [3.63, 3.8) is 0 Å². The number of halogens is 1. The van der Waals surface area contributed by atoms with Crippen molar-refractivity contribution in [1.82, 2.24) is 4.98 Å². The van der Waals surface area contributed by atoms with Crippen molar-refractivity contribution < 1.29 is 13.9 Å². The Balaban J connectivity index is 2.02. The summed E-state index contributed by atoms with van der Waals surface area (Å²) in [4.78, 5) is 27.8. The fourth-order valence-corrected chi connectivity index (χ4v) is 2.20. The first-order chi connectivity index (χ1) is 10.6. The summed E-state index contributed by atoms with van der Waals surface area (Å²) in [5, 5.41) is 0.349. The molecule has 3 aromatic rings. The summed E-state index contributed by atoms with van der Waals surface area (Å²) < 4.78 is 10.7. The van der Waals surface area contributed by atoms with Crippen LogP contribution in [0.2, 0.25) is 5.02 Å². The smallest absolute Gasteiger partial charge is 0.343 e. The number of nitrogens with zero attached hydrogens (tertiary/aromatic N) is 1. The second kappa shape index (κ2) is 5.61. The summed E-state index contributed by atoms with van der Waals surface area (Å²) in [6.07, 6.45) is 4.18. The third-order valence-corrected chi connectivity index (χ3v) is 3.48. The highest BCUT2D eigenvalue weighted by atomic mass is 35.5. The van der Waals surface area contributed by atoms with Crippen LogP contribution in [-0.2, 0) is 0 Å². The number of carbonyl (C=O) groups is 1. The highest BCUT2D eigenvalue weighted by molar-refractivity contribution is 6.30. The normalized spacial score (nSPS) is 10.6. The Kier molecular flexibility index (Phi) is 3.65. The summed E-state index contributed by atoms with van der Waals surface area (Å²) in [5.74, 6) is -0.194. The lowest BCUT2D eigenvalue weighted by molar-refractivity contribution is 0.0733. The van der Waals surface area contributed by atoms with Crippen LogP contribution in [-0.4, -0.2) is 11.0 Å². The van der Waals surface area contributed by atoms with E-state index in [1.165, 1.54) is 24.7 Å². The van der Waals surface area contributed by atoms with Crippen LogP contribution in [0.15, 0.2) is 52.1 Å². The number of fused-ring (bicyclic) bond motifs is 1. The van der Waals surface area contributed by atoms with Gasteiger partial charge in [-0.2, -0.15) is 0 Å². The molecule has 6 heteroatoms. The first-order valence-corrected chi connectivity index (χ1v) is 6.78. The van der Waals surface area contributed by atoms with Gasteiger partial charge in [0.2, 0.25) is 5.43 Å². The molecule has 0 saturated heterocycles. The van der Waals surface area contributed by atoms with Gasteiger partial charge in [-0.25, -0.2) is 4.79 Å². The number of aromatic nitrogens is 1. The fraction of sp³-hybridized carbons (Fsp3) is 0.0625. The zero-order valence-corrected chi connectivity index (χ0v) is 12.3. The zero-order chi connectivity index (χ0) is 15.7. The van der Waals surface area contributed by atoms with Gasteiger partial charge in [-0.3, -0.25) is 9.78 Å². The second-order valence-electron chi connectivity index (χ2n) is 4.60. The number of hydrogen-bond donors (Lipinski definition) is 0. The van der Waals surface area contributed by atoms with Crippen molar-refractivity contribution in [3.8, 4) is 5.75 Å². The van der Waals surface area contributed by atoms with Crippen molar-refractivity contribution >= 4 is 28.5 Å². The van der Waals surface area contributed by atoms with E-state index in [1.54, 1.807) is 25.1 Å². The summed E-state index contributed by atoms with van der Waals surface area (Å²) >= 11 is 5.75. The molecule has 0 aliphatic heterocycles. The van der Waals surface area contributed by atoms with E-state index in [2.05, 4.69) is 4.98 Å². The van der Waals surface area contributed by atoms with Crippen LogP contribution < -0.4 is 10.2 Å². The van der Waals surface area contributed by atoms with Crippen LogP contribution in [0.5, 0.6) is 5.75 Å². The van der Waals surface area contributed by atoms with Crippen LogP contribution >= 0.6 is 11.6 Å². The molecular formula is C16H10ClNO4. The molecular weight excluding hydrogens is 306 g/mol. The lowest BCUT2D eigenvalue weighted by Crippen LogP contribution is -2.10. The third kappa shape index (κ3) is 2.46. The monoisotopic (exact) mass is 315 g/mol. The van der Waals surface area contributed by atoms with Crippen molar-refractivity contribution in [2.24, 2.45) is 0 Å².